The van der Waals surface area contributed by atoms with E-state index in [4.69, 9.17) is 27.9 Å². The number of urea groups is 1. The zero-order chi connectivity index (χ0) is 28.0. The maximum atomic E-state index is 13.7. The van der Waals surface area contributed by atoms with Gasteiger partial charge in [0.05, 0.1) is 21.4 Å². The summed E-state index contributed by atoms with van der Waals surface area (Å²) in [6.45, 7) is 5.36. The van der Waals surface area contributed by atoms with Crippen LogP contribution in [0.3, 0.4) is 0 Å². The average molecular weight is 589 g/mol. The van der Waals surface area contributed by atoms with E-state index in [0.717, 1.165) is 12.5 Å². The molecule has 206 valence electrons. The fourth-order valence-corrected chi connectivity index (χ4v) is 6.95. The Morgan fingerprint density at radius 2 is 1.84 bits per heavy atom. The van der Waals surface area contributed by atoms with E-state index < -0.39 is 50.3 Å². The van der Waals surface area contributed by atoms with Gasteiger partial charge in [-0.1, -0.05) is 29.3 Å². The molecule has 4 N–H and O–H groups in total. The molecule has 10 nitrogen and oxygen atoms in total. The molecule has 3 atom stereocenters. The second kappa shape index (κ2) is 10.4. The van der Waals surface area contributed by atoms with Gasteiger partial charge in [0.25, 0.3) is 0 Å². The minimum atomic E-state index is -4.35. The van der Waals surface area contributed by atoms with Gasteiger partial charge < -0.3 is 25.8 Å². The van der Waals surface area contributed by atoms with Crippen LogP contribution in [0.4, 0.5) is 25.4 Å². The Bertz CT molecular complexity index is 1380. The van der Waals surface area contributed by atoms with Crippen molar-refractivity contribution in [2.75, 3.05) is 23.7 Å². The van der Waals surface area contributed by atoms with E-state index >= 15 is 0 Å². The van der Waals surface area contributed by atoms with E-state index in [1.165, 1.54) is 28.6 Å². The van der Waals surface area contributed by atoms with Gasteiger partial charge in [0.2, 0.25) is 10.0 Å². The Morgan fingerprint density at radius 3 is 2.53 bits per heavy atom. The zero-order valence-corrected chi connectivity index (χ0v) is 23.0. The van der Waals surface area contributed by atoms with Crippen LogP contribution in [-0.4, -0.2) is 54.7 Å². The van der Waals surface area contributed by atoms with E-state index in [2.05, 4.69) is 16.0 Å². The molecule has 2 aromatic rings. The van der Waals surface area contributed by atoms with Gasteiger partial charge in [-0.2, -0.15) is 4.31 Å². The van der Waals surface area contributed by atoms with E-state index in [0.29, 0.717) is 0 Å². The van der Waals surface area contributed by atoms with Gasteiger partial charge in [-0.15, -0.1) is 0 Å². The summed E-state index contributed by atoms with van der Waals surface area (Å²) in [6, 6.07) is 4.81. The summed E-state index contributed by atoms with van der Waals surface area (Å²) in [5, 5.41) is 17.6. The van der Waals surface area contributed by atoms with Crippen LogP contribution < -0.4 is 16.0 Å². The van der Waals surface area contributed by atoms with Crippen LogP contribution >= 0.6 is 23.2 Å². The van der Waals surface area contributed by atoms with Gasteiger partial charge in [0.15, 0.2) is 5.75 Å². The number of alkyl carbamates (subject to hydrolysis) is 1. The van der Waals surface area contributed by atoms with Crippen molar-refractivity contribution in [2.24, 2.45) is 11.8 Å². The molecule has 3 amide bonds. The first kappa shape index (κ1) is 28.2. The number of aromatic hydroxyl groups is 1. The van der Waals surface area contributed by atoms with E-state index in [9.17, 15) is 27.5 Å². The number of nitrogens with one attached hydrogen (secondary N) is 3. The van der Waals surface area contributed by atoms with Gasteiger partial charge in [-0.3, -0.25) is 0 Å². The second-order valence-corrected chi connectivity index (χ2v) is 12.8. The standard InChI is InChI=1S/C24H27Cl2FN4O6S/c1-24(2,3)37-23(34)28-10-18-13-9-12(13)11-31(18)38(35,36)21-14(25)7-8-17(20(21)32)30-22(33)29-16-6-4-5-15(27)19(16)26/h4-8,12-13,18,32H,9-11H2,1-3H3,(H,28,34)(H2,29,30,33)/t12?,13?,18-/m1/s1. The molecule has 2 aromatic carbocycles. The largest absolute Gasteiger partial charge is 0.504 e. The molecule has 38 heavy (non-hydrogen) atoms. The SMILES string of the molecule is CC(C)(C)OC(=O)NC[C@@H]1C2CC2CN1S(=O)(=O)c1c(Cl)ccc(NC(=O)Nc2cccc(F)c2Cl)c1O. The van der Waals surface area contributed by atoms with Gasteiger partial charge in [0.1, 0.15) is 16.3 Å². The van der Waals surface area contributed by atoms with E-state index in [1.54, 1.807) is 20.8 Å². The fourth-order valence-electron chi connectivity index (χ4n) is 4.45. The molecule has 1 heterocycles. The molecule has 2 unspecified atom stereocenters. The highest BCUT2D eigenvalue weighted by molar-refractivity contribution is 7.89. The van der Waals surface area contributed by atoms with Crippen LogP contribution in [0.5, 0.6) is 5.75 Å². The van der Waals surface area contributed by atoms with Gasteiger partial charge in [0, 0.05) is 19.1 Å². The molecular weight excluding hydrogens is 562 g/mol. The summed E-state index contributed by atoms with van der Waals surface area (Å²) in [4.78, 5) is 24.1. The topological polar surface area (TPSA) is 137 Å². The third-order valence-electron chi connectivity index (χ3n) is 6.21. The molecule has 1 saturated carbocycles. The number of hydrogen-bond donors (Lipinski definition) is 4. The number of phenols is 1. The van der Waals surface area contributed by atoms with Gasteiger partial charge >= 0.3 is 12.1 Å². The van der Waals surface area contributed by atoms with Crippen LogP contribution in [0.1, 0.15) is 27.2 Å². The molecule has 0 aromatic heterocycles. The second-order valence-electron chi connectivity index (χ2n) is 10.1. The number of amides is 3. The van der Waals surface area contributed by atoms with Crippen molar-refractivity contribution < 1.29 is 32.2 Å². The number of carbonyl (C=O) groups is 2. The number of halogens is 3. The molecule has 2 fully saturated rings. The first-order valence-electron chi connectivity index (χ1n) is 11.7. The lowest BCUT2D eigenvalue weighted by Crippen LogP contribution is -2.46. The van der Waals surface area contributed by atoms with Crippen molar-refractivity contribution in [3.05, 3.63) is 46.2 Å². The van der Waals surface area contributed by atoms with Crippen molar-refractivity contribution in [1.29, 1.82) is 0 Å². The number of sulfonamides is 1. The lowest BCUT2D eigenvalue weighted by atomic mass is 10.2. The number of piperidine rings is 1. The van der Waals surface area contributed by atoms with Crippen LogP contribution in [-0.2, 0) is 14.8 Å². The summed E-state index contributed by atoms with van der Waals surface area (Å²) in [5.74, 6) is -1.34. The summed E-state index contributed by atoms with van der Waals surface area (Å²) in [7, 11) is -4.35. The highest BCUT2D eigenvalue weighted by Gasteiger charge is 2.56. The predicted octanol–water partition coefficient (Wildman–Crippen LogP) is 5.02. The number of nitrogens with zero attached hydrogens (tertiary/aromatic N) is 1. The minimum absolute atomic E-state index is 0.0163. The molecule has 0 bridgehead atoms. The van der Waals surface area contributed by atoms with Crippen LogP contribution in [0.2, 0.25) is 10.0 Å². The van der Waals surface area contributed by atoms with Crippen molar-refractivity contribution in [3.8, 4) is 5.75 Å². The molecule has 0 radical (unpaired) electrons. The third kappa shape index (κ3) is 5.93. The first-order chi connectivity index (χ1) is 17.7. The normalized spacial score (nSPS) is 20.9. The highest BCUT2D eigenvalue weighted by Crippen LogP contribution is 2.52. The first-order valence-corrected chi connectivity index (χ1v) is 13.9. The van der Waals surface area contributed by atoms with Crippen molar-refractivity contribution in [2.45, 2.75) is 43.7 Å². The monoisotopic (exact) mass is 588 g/mol. The number of fused-ring (bicyclic) bond motifs is 1. The zero-order valence-electron chi connectivity index (χ0n) is 20.7. The summed E-state index contributed by atoms with van der Waals surface area (Å²) in [6.07, 6.45) is 0.145. The van der Waals surface area contributed by atoms with Crippen molar-refractivity contribution in [3.63, 3.8) is 0 Å². The lowest BCUT2D eigenvalue weighted by Gasteiger charge is -2.28. The van der Waals surface area contributed by atoms with Crippen LogP contribution in [0.25, 0.3) is 0 Å². The Balaban J connectivity index is 1.54. The molecular formula is C24H27Cl2FN4O6S. The Morgan fingerprint density at radius 1 is 1.16 bits per heavy atom. The molecule has 0 spiro atoms. The predicted molar refractivity (Wildman–Crippen MR) is 141 cm³/mol. The van der Waals surface area contributed by atoms with Gasteiger partial charge in [-0.25, -0.2) is 22.4 Å². The number of hydrogen-bond acceptors (Lipinski definition) is 6. The number of anilines is 2. The number of benzene rings is 2. The smallest absolute Gasteiger partial charge is 0.407 e. The molecule has 2 aliphatic rings. The highest BCUT2D eigenvalue weighted by atomic mass is 35.5. The molecule has 1 aliphatic heterocycles. The number of carbonyl (C=O) groups excluding carboxylic acids is 2. The lowest BCUT2D eigenvalue weighted by molar-refractivity contribution is 0.0517. The van der Waals surface area contributed by atoms with Crippen molar-refractivity contribution in [1.82, 2.24) is 9.62 Å². The Kier molecular flexibility index (Phi) is 7.72. The molecule has 1 saturated heterocycles. The summed E-state index contributed by atoms with van der Waals surface area (Å²) in [5.41, 5.74) is -0.986. The Hall–Kier alpha value is -2.80. The third-order valence-corrected chi connectivity index (χ3v) is 8.99. The van der Waals surface area contributed by atoms with Gasteiger partial charge in [-0.05, 0) is 63.3 Å². The number of rotatable bonds is 6. The quantitative estimate of drug-likeness (QED) is 0.350. The summed E-state index contributed by atoms with van der Waals surface area (Å²) >= 11 is 12.1. The van der Waals surface area contributed by atoms with Crippen LogP contribution in [0, 0.1) is 17.7 Å². The number of ether oxygens (including phenoxy) is 1. The Labute approximate surface area is 229 Å². The van der Waals surface area contributed by atoms with E-state index in [-0.39, 0.29) is 46.3 Å². The van der Waals surface area contributed by atoms with Crippen molar-refractivity contribution >= 4 is 56.7 Å². The minimum Gasteiger partial charge on any atom is -0.504 e. The van der Waals surface area contributed by atoms with Crippen LogP contribution in [0.15, 0.2) is 35.2 Å². The molecule has 1 aliphatic carbocycles. The maximum Gasteiger partial charge on any atom is 0.407 e. The number of phenolic OH excluding ortho intramolecular Hbond substituents is 1. The molecule has 14 heteroatoms. The fraction of sp³-hybridized carbons (Fsp3) is 0.417. The maximum absolute atomic E-state index is 13.7. The summed E-state index contributed by atoms with van der Waals surface area (Å²) < 4.78 is 47.5. The average Bonchev–Trinajstić information content (AvgIpc) is 3.47. The van der Waals surface area contributed by atoms with E-state index in [1.807, 2.05) is 0 Å². The molecule has 4 rings (SSSR count).